The van der Waals surface area contributed by atoms with Crippen molar-refractivity contribution in [3.8, 4) is 0 Å². The van der Waals surface area contributed by atoms with Gasteiger partial charge in [-0.3, -0.25) is 4.79 Å². The van der Waals surface area contributed by atoms with E-state index in [1.54, 1.807) is 0 Å². The van der Waals surface area contributed by atoms with Crippen LogP contribution in [0.5, 0.6) is 0 Å². The summed E-state index contributed by atoms with van der Waals surface area (Å²) >= 11 is 1.87. The van der Waals surface area contributed by atoms with Crippen molar-refractivity contribution in [1.29, 1.82) is 0 Å². The number of hydrogen-bond acceptors (Lipinski definition) is 4. The molecule has 4 heteroatoms. The van der Waals surface area contributed by atoms with Gasteiger partial charge in [0.2, 0.25) is 0 Å². The average Bonchev–Trinajstić information content (AvgIpc) is 2.22. The third kappa shape index (κ3) is 6.94. The highest BCUT2D eigenvalue weighted by Gasteiger charge is 2.25. The second-order valence-electron chi connectivity index (χ2n) is 5.28. The number of esters is 1. The van der Waals surface area contributed by atoms with Gasteiger partial charge in [0, 0.05) is 11.3 Å². The Balaban J connectivity index is 4.01. The lowest BCUT2D eigenvalue weighted by Crippen LogP contribution is -2.40. The standard InChI is InChI=1S/C13H27NO2S/c1-7-13(8-2,17-6)10-14-9-11(15)16-12(3,4)5/h14H,7-10H2,1-6H3. The summed E-state index contributed by atoms with van der Waals surface area (Å²) in [5.74, 6) is -0.181. The number of carbonyl (C=O) groups is 1. The molecule has 0 aliphatic carbocycles. The molecule has 1 N–H and O–H groups in total. The fourth-order valence-corrected chi connectivity index (χ4v) is 2.45. The summed E-state index contributed by atoms with van der Waals surface area (Å²) in [6, 6.07) is 0. The maximum absolute atomic E-state index is 11.5. The molecule has 0 radical (unpaired) electrons. The third-order valence-electron chi connectivity index (χ3n) is 2.86. The van der Waals surface area contributed by atoms with E-state index in [9.17, 15) is 4.79 Å². The average molecular weight is 261 g/mol. The molecule has 0 atom stereocenters. The van der Waals surface area contributed by atoms with Gasteiger partial charge in [-0.1, -0.05) is 13.8 Å². The Kier molecular flexibility index (Phi) is 7.17. The Morgan fingerprint density at radius 2 is 1.76 bits per heavy atom. The van der Waals surface area contributed by atoms with E-state index in [1.807, 2.05) is 32.5 Å². The summed E-state index contributed by atoms with van der Waals surface area (Å²) in [6.45, 7) is 11.2. The number of ether oxygens (including phenoxy) is 1. The van der Waals surface area contributed by atoms with E-state index in [4.69, 9.17) is 4.74 Å². The quantitative estimate of drug-likeness (QED) is 0.715. The van der Waals surface area contributed by atoms with E-state index >= 15 is 0 Å². The number of nitrogens with one attached hydrogen (secondary N) is 1. The van der Waals surface area contributed by atoms with Gasteiger partial charge in [0.1, 0.15) is 5.60 Å². The summed E-state index contributed by atoms with van der Waals surface area (Å²) in [7, 11) is 0. The van der Waals surface area contributed by atoms with Gasteiger partial charge in [-0.05, 0) is 39.9 Å². The highest BCUT2D eigenvalue weighted by Crippen LogP contribution is 2.29. The SMILES string of the molecule is CCC(CC)(CNCC(=O)OC(C)(C)C)SC. The predicted octanol–water partition coefficient (Wildman–Crippen LogP) is 2.84. The maximum Gasteiger partial charge on any atom is 0.320 e. The van der Waals surface area contributed by atoms with Crippen molar-refractivity contribution in [2.45, 2.75) is 57.8 Å². The van der Waals surface area contributed by atoms with E-state index in [-0.39, 0.29) is 10.7 Å². The van der Waals surface area contributed by atoms with Crippen LogP contribution >= 0.6 is 11.8 Å². The summed E-state index contributed by atoms with van der Waals surface area (Å²) in [5, 5.41) is 3.21. The van der Waals surface area contributed by atoms with Crippen molar-refractivity contribution in [3.63, 3.8) is 0 Å². The number of hydrogen-bond donors (Lipinski definition) is 1. The molecule has 0 saturated carbocycles. The van der Waals surface area contributed by atoms with Gasteiger partial charge in [0.05, 0.1) is 6.54 Å². The third-order valence-corrected chi connectivity index (χ3v) is 4.45. The molecule has 0 heterocycles. The van der Waals surface area contributed by atoms with E-state index in [0.717, 1.165) is 19.4 Å². The van der Waals surface area contributed by atoms with Gasteiger partial charge in [0.25, 0.3) is 0 Å². The van der Waals surface area contributed by atoms with Gasteiger partial charge in [-0.2, -0.15) is 11.8 Å². The second kappa shape index (κ2) is 7.27. The molecule has 0 aromatic heterocycles. The van der Waals surface area contributed by atoms with Gasteiger partial charge in [-0.25, -0.2) is 0 Å². The Hall–Kier alpha value is -0.220. The fourth-order valence-electron chi connectivity index (χ4n) is 1.63. The first-order valence-corrected chi connectivity index (χ1v) is 7.49. The highest BCUT2D eigenvalue weighted by molar-refractivity contribution is 8.00. The van der Waals surface area contributed by atoms with Crippen molar-refractivity contribution < 1.29 is 9.53 Å². The van der Waals surface area contributed by atoms with E-state index < -0.39 is 5.60 Å². The van der Waals surface area contributed by atoms with Crippen LogP contribution < -0.4 is 5.32 Å². The molecule has 0 unspecified atom stereocenters. The van der Waals surface area contributed by atoms with Gasteiger partial charge in [-0.15, -0.1) is 0 Å². The first-order valence-electron chi connectivity index (χ1n) is 6.26. The van der Waals surface area contributed by atoms with Gasteiger partial charge >= 0.3 is 5.97 Å². The largest absolute Gasteiger partial charge is 0.459 e. The molecule has 0 aliphatic rings. The summed E-state index contributed by atoms with van der Waals surface area (Å²) in [5.41, 5.74) is -0.398. The number of thioether (sulfide) groups is 1. The Bertz CT molecular complexity index is 224. The normalized spacial score (nSPS) is 12.6. The van der Waals surface area contributed by atoms with Gasteiger partial charge in [0.15, 0.2) is 0 Å². The van der Waals surface area contributed by atoms with Crippen LogP contribution in [0.25, 0.3) is 0 Å². The van der Waals surface area contributed by atoms with Crippen molar-refractivity contribution in [2.75, 3.05) is 19.3 Å². The molecular formula is C13H27NO2S. The van der Waals surface area contributed by atoms with E-state index in [0.29, 0.717) is 6.54 Å². The Morgan fingerprint density at radius 3 is 2.12 bits per heavy atom. The molecule has 0 bridgehead atoms. The lowest BCUT2D eigenvalue weighted by molar-refractivity contribution is -0.153. The zero-order valence-electron chi connectivity index (χ0n) is 12.1. The van der Waals surface area contributed by atoms with Crippen LogP contribution in [0.1, 0.15) is 47.5 Å². The molecule has 17 heavy (non-hydrogen) atoms. The van der Waals surface area contributed by atoms with Crippen LogP contribution in [0.4, 0.5) is 0 Å². The second-order valence-corrected chi connectivity index (χ2v) is 6.56. The van der Waals surface area contributed by atoms with Crippen LogP contribution in [-0.2, 0) is 9.53 Å². The van der Waals surface area contributed by atoms with Crippen LogP contribution in [0.3, 0.4) is 0 Å². The fraction of sp³-hybridized carbons (Fsp3) is 0.923. The summed E-state index contributed by atoms with van der Waals surface area (Å²) in [4.78, 5) is 11.5. The minimum Gasteiger partial charge on any atom is -0.459 e. The first-order chi connectivity index (χ1) is 7.78. The molecule has 0 saturated heterocycles. The molecule has 0 rings (SSSR count). The molecule has 3 nitrogen and oxygen atoms in total. The van der Waals surface area contributed by atoms with Crippen molar-refractivity contribution in [3.05, 3.63) is 0 Å². The van der Waals surface area contributed by atoms with Crippen molar-refractivity contribution >= 4 is 17.7 Å². The smallest absolute Gasteiger partial charge is 0.320 e. The number of carbonyl (C=O) groups excluding carboxylic acids is 1. The van der Waals surface area contributed by atoms with Crippen molar-refractivity contribution in [2.24, 2.45) is 0 Å². The van der Waals surface area contributed by atoms with E-state index in [2.05, 4.69) is 25.4 Å². The summed E-state index contributed by atoms with van der Waals surface area (Å²) in [6.07, 6.45) is 4.33. The Labute approximate surface area is 110 Å². The molecule has 0 aliphatic heterocycles. The molecule has 0 aromatic carbocycles. The highest BCUT2D eigenvalue weighted by atomic mass is 32.2. The minimum absolute atomic E-state index is 0.181. The van der Waals surface area contributed by atoms with Crippen LogP contribution in [0.2, 0.25) is 0 Å². The predicted molar refractivity (Wildman–Crippen MR) is 75.5 cm³/mol. The summed E-state index contributed by atoms with van der Waals surface area (Å²) < 4.78 is 5.48. The molecule has 0 aromatic rings. The molecule has 102 valence electrons. The topological polar surface area (TPSA) is 38.3 Å². The molecule has 0 spiro atoms. The van der Waals surface area contributed by atoms with E-state index in [1.165, 1.54) is 0 Å². The Morgan fingerprint density at radius 1 is 1.24 bits per heavy atom. The monoisotopic (exact) mass is 261 g/mol. The van der Waals surface area contributed by atoms with Crippen LogP contribution in [-0.4, -0.2) is 35.7 Å². The minimum atomic E-state index is -0.398. The van der Waals surface area contributed by atoms with Crippen LogP contribution in [0.15, 0.2) is 0 Å². The lowest BCUT2D eigenvalue weighted by Gasteiger charge is -2.30. The lowest BCUT2D eigenvalue weighted by atomic mass is 10.0. The number of rotatable bonds is 7. The zero-order chi connectivity index (χ0) is 13.5. The molecule has 0 amide bonds. The van der Waals surface area contributed by atoms with Crippen LogP contribution in [0, 0.1) is 0 Å². The molecule has 0 fully saturated rings. The first kappa shape index (κ1) is 16.8. The van der Waals surface area contributed by atoms with Crippen molar-refractivity contribution in [1.82, 2.24) is 5.32 Å². The van der Waals surface area contributed by atoms with Gasteiger partial charge < -0.3 is 10.1 Å². The molecular weight excluding hydrogens is 234 g/mol. The maximum atomic E-state index is 11.5. The zero-order valence-corrected chi connectivity index (χ0v) is 12.9.